The summed E-state index contributed by atoms with van der Waals surface area (Å²) in [4.78, 5) is 21.5. The molecule has 2 aromatic heterocycles. The second kappa shape index (κ2) is 7.96. The molecule has 156 valence electrons. The first-order valence-electron chi connectivity index (χ1n) is 9.95. The molecule has 0 atom stereocenters. The topological polar surface area (TPSA) is 89.6 Å². The minimum absolute atomic E-state index is 0.217. The maximum atomic E-state index is 12.6. The Hall–Kier alpha value is -4.52. The maximum absolute atomic E-state index is 12.6. The summed E-state index contributed by atoms with van der Waals surface area (Å²) in [6.45, 7) is 0. The Kier molecular flexibility index (Phi) is 4.84. The number of nitrogens with zero attached hydrogens (tertiary/aromatic N) is 4. The molecule has 0 spiro atoms. The van der Waals surface area contributed by atoms with Crippen molar-refractivity contribution in [2.75, 3.05) is 7.11 Å². The third kappa shape index (κ3) is 3.35. The summed E-state index contributed by atoms with van der Waals surface area (Å²) < 4.78 is 6.57. The van der Waals surface area contributed by atoms with Crippen molar-refractivity contribution >= 4 is 17.6 Å². The number of hydrogen-bond acceptors (Lipinski definition) is 6. The van der Waals surface area contributed by atoms with E-state index in [0.717, 1.165) is 11.1 Å². The predicted octanol–water partition coefficient (Wildman–Crippen LogP) is 4.22. The second-order valence-electron chi connectivity index (χ2n) is 7.10. The van der Waals surface area contributed by atoms with Gasteiger partial charge < -0.3 is 9.84 Å². The number of rotatable bonds is 4. The smallest absolute Gasteiger partial charge is 0.255 e. The van der Waals surface area contributed by atoms with E-state index in [4.69, 9.17) is 14.8 Å². The van der Waals surface area contributed by atoms with Crippen molar-refractivity contribution in [1.82, 2.24) is 19.6 Å². The second-order valence-corrected chi connectivity index (χ2v) is 7.10. The number of aromatic hydroxyl groups is 1. The van der Waals surface area contributed by atoms with Gasteiger partial charge in [-0.2, -0.15) is 14.6 Å². The van der Waals surface area contributed by atoms with E-state index in [2.05, 4.69) is 4.98 Å². The van der Waals surface area contributed by atoms with Crippen LogP contribution in [-0.2, 0) is 9.53 Å². The number of fused-ring (bicyclic) bond motifs is 1. The van der Waals surface area contributed by atoms with E-state index >= 15 is 0 Å². The zero-order chi connectivity index (χ0) is 22.1. The Balaban J connectivity index is 1.73. The van der Waals surface area contributed by atoms with Crippen LogP contribution in [0.3, 0.4) is 0 Å². The number of aromatic nitrogens is 4. The standard InChI is InChI=1S/C25H18N4O3/c1-32-20-14-8-13-18(23(20)30)15-19-24(31)27-25-26-21(16-9-4-2-5-10-16)22(28-29(19)25)17-11-6-3-7-12-17/h2-15,31H,1H3. The molecule has 0 radical (unpaired) electrons. The maximum Gasteiger partial charge on any atom is 0.255 e. The van der Waals surface area contributed by atoms with Gasteiger partial charge in [0.15, 0.2) is 5.76 Å². The third-order valence-corrected chi connectivity index (χ3v) is 5.10. The van der Waals surface area contributed by atoms with Gasteiger partial charge in [0.1, 0.15) is 17.1 Å². The molecule has 32 heavy (non-hydrogen) atoms. The Morgan fingerprint density at radius 2 is 1.59 bits per heavy atom. The van der Waals surface area contributed by atoms with Gasteiger partial charge in [-0.25, -0.2) is 4.98 Å². The number of benzene rings is 2. The Labute approximate surface area is 183 Å². The summed E-state index contributed by atoms with van der Waals surface area (Å²) in [5.74, 6) is -0.116. The average Bonchev–Trinajstić information content (AvgIpc) is 3.14. The summed E-state index contributed by atoms with van der Waals surface area (Å²) in [6.07, 6.45) is 6.48. The minimum atomic E-state index is -0.290. The molecule has 4 aromatic rings. The molecule has 1 N–H and O–H groups in total. The lowest BCUT2D eigenvalue weighted by atomic mass is 10.0. The van der Waals surface area contributed by atoms with E-state index in [9.17, 15) is 9.90 Å². The fourth-order valence-electron chi connectivity index (χ4n) is 3.54. The van der Waals surface area contributed by atoms with Crippen LogP contribution in [0.25, 0.3) is 34.4 Å². The highest BCUT2D eigenvalue weighted by molar-refractivity contribution is 6.13. The van der Waals surface area contributed by atoms with E-state index in [0.29, 0.717) is 17.0 Å². The van der Waals surface area contributed by atoms with Crippen LogP contribution in [-0.4, -0.2) is 37.6 Å². The first-order valence-corrected chi connectivity index (χ1v) is 9.95. The van der Waals surface area contributed by atoms with Crippen LogP contribution in [0.1, 0.15) is 5.69 Å². The molecule has 1 aliphatic rings. The van der Waals surface area contributed by atoms with Gasteiger partial charge in [-0.1, -0.05) is 72.8 Å². The number of carbonyl (C=O) groups excluding carboxylic acids is 1. The van der Waals surface area contributed by atoms with Gasteiger partial charge >= 0.3 is 0 Å². The van der Waals surface area contributed by atoms with E-state index in [-0.39, 0.29) is 28.9 Å². The van der Waals surface area contributed by atoms with E-state index in [1.165, 1.54) is 17.7 Å². The summed E-state index contributed by atoms with van der Waals surface area (Å²) >= 11 is 0. The molecule has 5 rings (SSSR count). The number of ketones is 1. The molecule has 0 amide bonds. The van der Waals surface area contributed by atoms with Gasteiger partial charge in [0.2, 0.25) is 11.7 Å². The summed E-state index contributed by atoms with van der Waals surface area (Å²) in [5, 5.41) is 15.3. The number of imidazole rings is 1. The van der Waals surface area contributed by atoms with Crippen LogP contribution in [0, 0.1) is 0 Å². The lowest BCUT2D eigenvalue weighted by molar-refractivity contribution is -0.114. The first-order chi connectivity index (χ1) is 15.7. The third-order valence-electron chi connectivity index (χ3n) is 5.10. The summed E-state index contributed by atoms with van der Waals surface area (Å²) in [6, 6.07) is 19.3. The van der Waals surface area contributed by atoms with Crippen LogP contribution >= 0.6 is 0 Å². The van der Waals surface area contributed by atoms with Crippen molar-refractivity contribution in [1.29, 1.82) is 0 Å². The Morgan fingerprint density at radius 1 is 0.938 bits per heavy atom. The normalized spacial score (nSPS) is 14.7. The molecule has 0 saturated carbocycles. The fraction of sp³-hybridized carbons (Fsp3) is 0.0400. The SMILES string of the molecule is COC1=CC=CC(=Cc2c(O)nc3nc(-c4ccccc4)c(-c4ccccc4)nn23)C1=O. The van der Waals surface area contributed by atoms with Crippen molar-refractivity contribution in [2.24, 2.45) is 0 Å². The van der Waals surface area contributed by atoms with E-state index in [1.807, 2.05) is 60.7 Å². The quantitative estimate of drug-likeness (QED) is 0.496. The van der Waals surface area contributed by atoms with Crippen LogP contribution < -0.4 is 0 Å². The molecule has 0 saturated heterocycles. The number of methoxy groups -OCH3 is 1. The van der Waals surface area contributed by atoms with E-state index < -0.39 is 0 Å². The molecule has 0 aliphatic heterocycles. The number of ether oxygens (including phenoxy) is 1. The van der Waals surface area contributed by atoms with Crippen molar-refractivity contribution in [2.45, 2.75) is 0 Å². The minimum Gasteiger partial charge on any atom is -0.493 e. The van der Waals surface area contributed by atoms with Crippen molar-refractivity contribution in [3.05, 3.63) is 95.9 Å². The largest absolute Gasteiger partial charge is 0.493 e. The molecule has 0 bridgehead atoms. The highest BCUT2D eigenvalue weighted by Crippen LogP contribution is 2.31. The molecular weight excluding hydrogens is 404 g/mol. The summed E-state index contributed by atoms with van der Waals surface area (Å²) in [5.41, 5.74) is 3.62. The fourth-order valence-corrected chi connectivity index (χ4v) is 3.54. The van der Waals surface area contributed by atoms with Gasteiger partial charge in [0.25, 0.3) is 5.78 Å². The zero-order valence-electron chi connectivity index (χ0n) is 17.1. The number of allylic oxidation sites excluding steroid dienone is 4. The lowest BCUT2D eigenvalue weighted by Crippen LogP contribution is -2.09. The number of carbonyl (C=O) groups is 1. The highest BCUT2D eigenvalue weighted by atomic mass is 16.5. The zero-order valence-corrected chi connectivity index (χ0v) is 17.1. The van der Waals surface area contributed by atoms with Crippen LogP contribution in [0.2, 0.25) is 0 Å². The molecule has 7 heteroatoms. The molecule has 2 heterocycles. The van der Waals surface area contributed by atoms with Crippen molar-refractivity contribution < 1.29 is 14.6 Å². The van der Waals surface area contributed by atoms with Crippen molar-refractivity contribution in [3.8, 4) is 28.4 Å². The Morgan fingerprint density at radius 3 is 2.25 bits per heavy atom. The predicted molar refractivity (Wildman–Crippen MR) is 121 cm³/mol. The molecule has 2 aromatic carbocycles. The highest BCUT2D eigenvalue weighted by Gasteiger charge is 2.21. The molecule has 7 nitrogen and oxygen atoms in total. The van der Waals surface area contributed by atoms with Crippen LogP contribution in [0.5, 0.6) is 5.88 Å². The van der Waals surface area contributed by atoms with Gasteiger partial charge in [-0.05, 0) is 12.2 Å². The average molecular weight is 422 g/mol. The van der Waals surface area contributed by atoms with Gasteiger partial charge in [-0.15, -0.1) is 0 Å². The van der Waals surface area contributed by atoms with Crippen molar-refractivity contribution in [3.63, 3.8) is 0 Å². The molecule has 0 unspecified atom stereocenters. The van der Waals surface area contributed by atoms with Crippen LogP contribution in [0.15, 0.2) is 90.2 Å². The monoisotopic (exact) mass is 422 g/mol. The first kappa shape index (κ1) is 19.4. The number of hydrogen-bond donors (Lipinski definition) is 1. The van der Waals surface area contributed by atoms with Gasteiger partial charge in [0, 0.05) is 16.7 Å². The van der Waals surface area contributed by atoms with Gasteiger partial charge in [-0.3, -0.25) is 4.79 Å². The Bertz CT molecular complexity index is 1420. The summed E-state index contributed by atoms with van der Waals surface area (Å²) in [7, 11) is 1.44. The lowest BCUT2D eigenvalue weighted by Gasteiger charge is -2.10. The molecule has 0 fully saturated rings. The number of Topliss-reactive ketones (excluding diaryl/α,β-unsaturated/α-hetero) is 1. The van der Waals surface area contributed by atoms with Gasteiger partial charge in [0.05, 0.1) is 7.11 Å². The van der Waals surface area contributed by atoms with Crippen LogP contribution in [0.4, 0.5) is 0 Å². The molecule has 1 aliphatic carbocycles. The molecular formula is C25H18N4O3. The van der Waals surface area contributed by atoms with E-state index in [1.54, 1.807) is 18.2 Å².